The minimum absolute atomic E-state index is 0.0203. The molecular formula is C28H26FN3O4S. The number of carbonyl (C=O) groups is 2. The Bertz CT molecular complexity index is 1400. The molecule has 7 nitrogen and oxygen atoms in total. The van der Waals surface area contributed by atoms with Gasteiger partial charge in [-0.1, -0.05) is 25.1 Å². The van der Waals surface area contributed by atoms with Crippen LogP contribution in [0.15, 0.2) is 70.7 Å². The number of amides is 2. The predicted octanol–water partition coefficient (Wildman–Crippen LogP) is 5.27. The number of nitrogens with one attached hydrogen (secondary N) is 1. The molecule has 190 valence electrons. The third-order valence-corrected chi connectivity index (χ3v) is 7.11. The van der Waals surface area contributed by atoms with Gasteiger partial charge in [0, 0.05) is 18.3 Å². The lowest BCUT2D eigenvalue weighted by atomic mass is 9.87. The van der Waals surface area contributed by atoms with Crippen LogP contribution < -0.4 is 10.1 Å². The molecule has 1 aliphatic rings. The van der Waals surface area contributed by atoms with Crippen LogP contribution in [0.3, 0.4) is 0 Å². The van der Waals surface area contributed by atoms with Crippen molar-refractivity contribution in [3.8, 4) is 5.75 Å². The van der Waals surface area contributed by atoms with Gasteiger partial charge in [-0.25, -0.2) is 9.37 Å². The van der Waals surface area contributed by atoms with Gasteiger partial charge in [-0.15, -0.1) is 11.3 Å². The van der Waals surface area contributed by atoms with Crippen LogP contribution in [0.4, 0.5) is 4.39 Å². The Morgan fingerprint density at radius 2 is 2.11 bits per heavy atom. The Labute approximate surface area is 217 Å². The van der Waals surface area contributed by atoms with Gasteiger partial charge in [-0.2, -0.15) is 0 Å². The molecule has 0 saturated heterocycles. The third-order valence-electron chi connectivity index (χ3n) is 6.28. The molecule has 1 aliphatic heterocycles. The van der Waals surface area contributed by atoms with Gasteiger partial charge in [0.2, 0.25) is 5.91 Å². The Kier molecular flexibility index (Phi) is 7.32. The van der Waals surface area contributed by atoms with Gasteiger partial charge in [0.05, 0.1) is 18.8 Å². The molecule has 4 aromatic rings. The van der Waals surface area contributed by atoms with Crippen molar-refractivity contribution in [2.75, 3.05) is 6.54 Å². The normalized spacial score (nSPS) is 14.8. The van der Waals surface area contributed by atoms with E-state index in [0.717, 1.165) is 23.1 Å². The van der Waals surface area contributed by atoms with Crippen LogP contribution in [0.5, 0.6) is 5.75 Å². The predicted molar refractivity (Wildman–Crippen MR) is 137 cm³/mol. The molecule has 0 spiro atoms. The molecule has 2 amide bonds. The lowest BCUT2D eigenvalue weighted by Gasteiger charge is -2.38. The largest absolute Gasteiger partial charge is 0.486 e. The summed E-state index contributed by atoms with van der Waals surface area (Å²) in [6, 6.07) is 15.4. The van der Waals surface area contributed by atoms with Gasteiger partial charge >= 0.3 is 0 Å². The van der Waals surface area contributed by atoms with Crippen molar-refractivity contribution in [2.24, 2.45) is 0 Å². The number of furan rings is 1. The van der Waals surface area contributed by atoms with Crippen LogP contribution in [0.1, 0.15) is 57.3 Å². The summed E-state index contributed by atoms with van der Waals surface area (Å²) in [7, 11) is 0. The maximum atomic E-state index is 14.1. The van der Waals surface area contributed by atoms with Crippen LogP contribution >= 0.6 is 11.3 Å². The summed E-state index contributed by atoms with van der Waals surface area (Å²) in [5, 5.41) is 5.13. The second-order valence-corrected chi connectivity index (χ2v) is 9.63. The molecular weight excluding hydrogens is 493 g/mol. The third kappa shape index (κ3) is 5.56. The number of aromatic nitrogens is 1. The number of ether oxygens (including phenoxy) is 1. The fourth-order valence-electron chi connectivity index (χ4n) is 4.49. The maximum Gasteiger partial charge on any atom is 0.271 e. The number of fused-ring (bicyclic) bond motifs is 1. The van der Waals surface area contributed by atoms with Crippen molar-refractivity contribution in [3.63, 3.8) is 0 Å². The van der Waals surface area contributed by atoms with Crippen molar-refractivity contribution in [1.29, 1.82) is 0 Å². The van der Waals surface area contributed by atoms with Gasteiger partial charge in [0.15, 0.2) is 0 Å². The fraction of sp³-hybridized carbons (Fsp3) is 0.250. The van der Waals surface area contributed by atoms with Crippen molar-refractivity contribution in [2.45, 2.75) is 39.0 Å². The number of hydrogen-bond donors (Lipinski definition) is 1. The highest BCUT2D eigenvalue weighted by Crippen LogP contribution is 2.38. The molecule has 2 aromatic heterocycles. The molecule has 9 heteroatoms. The van der Waals surface area contributed by atoms with Gasteiger partial charge in [0.25, 0.3) is 5.91 Å². The van der Waals surface area contributed by atoms with E-state index in [4.69, 9.17) is 9.15 Å². The first kappa shape index (κ1) is 24.7. The zero-order valence-corrected chi connectivity index (χ0v) is 21.1. The number of hydrogen-bond acceptors (Lipinski definition) is 6. The standard InChI is InChI=1S/C28H26FN3O4S/c1-2-26(33)32-11-10-18-8-9-21(14-23(18)27(32)19-5-3-6-20(29)13-19)36-16-25-31-24(17-37-25)28(34)30-15-22-7-4-12-35-22/h3-9,12-14,17,27H,2,10-11,15-16H2,1H3,(H,30,34)/t27-/m1/s1. The molecule has 0 fully saturated rings. The molecule has 0 saturated carbocycles. The number of benzene rings is 2. The first-order valence-corrected chi connectivity index (χ1v) is 13.0. The smallest absolute Gasteiger partial charge is 0.271 e. The Morgan fingerprint density at radius 3 is 2.89 bits per heavy atom. The van der Waals surface area contributed by atoms with Crippen LogP contribution in [-0.2, 0) is 24.4 Å². The summed E-state index contributed by atoms with van der Waals surface area (Å²) < 4.78 is 25.4. The topological polar surface area (TPSA) is 84.7 Å². The summed E-state index contributed by atoms with van der Waals surface area (Å²) in [6.45, 7) is 2.88. The number of rotatable bonds is 8. The fourth-order valence-corrected chi connectivity index (χ4v) is 5.17. The molecule has 1 atom stereocenters. The lowest BCUT2D eigenvalue weighted by Crippen LogP contribution is -2.40. The van der Waals surface area contributed by atoms with Gasteiger partial charge in [-0.3, -0.25) is 9.59 Å². The van der Waals surface area contributed by atoms with Gasteiger partial charge < -0.3 is 19.4 Å². The van der Waals surface area contributed by atoms with Crippen molar-refractivity contribution < 1.29 is 23.1 Å². The molecule has 37 heavy (non-hydrogen) atoms. The van der Waals surface area contributed by atoms with Gasteiger partial charge in [0.1, 0.15) is 34.6 Å². The van der Waals surface area contributed by atoms with Crippen molar-refractivity contribution in [3.05, 3.63) is 105 Å². The molecule has 0 aliphatic carbocycles. The molecule has 0 bridgehead atoms. The van der Waals surface area contributed by atoms with E-state index in [1.165, 1.54) is 23.5 Å². The Hall–Kier alpha value is -3.98. The van der Waals surface area contributed by atoms with E-state index in [2.05, 4.69) is 10.3 Å². The molecule has 3 heterocycles. The summed E-state index contributed by atoms with van der Waals surface area (Å²) in [5.41, 5.74) is 3.07. The van der Waals surface area contributed by atoms with E-state index in [-0.39, 0.29) is 36.8 Å². The molecule has 1 N–H and O–H groups in total. The lowest BCUT2D eigenvalue weighted by molar-refractivity contribution is -0.132. The SMILES string of the molecule is CCC(=O)N1CCc2ccc(OCc3nc(C(=O)NCc4ccco4)cs3)cc2[C@H]1c1cccc(F)c1. The van der Waals surface area contributed by atoms with E-state index < -0.39 is 0 Å². The monoisotopic (exact) mass is 519 g/mol. The Morgan fingerprint density at radius 1 is 1.22 bits per heavy atom. The molecule has 0 radical (unpaired) electrons. The quantitative estimate of drug-likeness (QED) is 0.343. The minimum atomic E-state index is -0.389. The van der Waals surface area contributed by atoms with E-state index in [0.29, 0.717) is 35.2 Å². The summed E-state index contributed by atoms with van der Waals surface area (Å²) in [6.07, 6.45) is 2.65. The first-order chi connectivity index (χ1) is 18.0. The average Bonchev–Trinajstić information content (AvgIpc) is 3.62. The number of thiazole rings is 1. The van der Waals surface area contributed by atoms with Crippen LogP contribution in [0.2, 0.25) is 0 Å². The highest BCUT2D eigenvalue weighted by molar-refractivity contribution is 7.09. The zero-order chi connectivity index (χ0) is 25.8. The van der Waals surface area contributed by atoms with E-state index in [9.17, 15) is 14.0 Å². The second kappa shape index (κ2) is 11.0. The van der Waals surface area contributed by atoms with Crippen molar-refractivity contribution in [1.82, 2.24) is 15.2 Å². The summed E-state index contributed by atoms with van der Waals surface area (Å²) in [5.74, 6) is 0.673. The van der Waals surface area contributed by atoms with Crippen LogP contribution in [0.25, 0.3) is 0 Å². The zero-order valence-electron chi connectivity index (χ0n) is 20.3. The summed E-state index contributed by atoms with van der Waals surface area (Å²) >= 11 is 1.34. The van der Waals surface area contributed by atoms with E-state index in [1.807, 2.05) is 36.1 Å². The summed E-state index contributed by atoms with van der Waals surface area (Å²) in [4.78, 5) is 31.4. The molecule has 0 unspecified atom stereocenters. The number of halogens is 1. The highest BCUT2D eigenvalue weighted by Gasteiger charge is 2.32. The van der Waals surface area contributed by atoms with E-state index in [1.54, 1.807) is 29.8 Å². The molecule has 2 aromatic carbocycles. The average molecular weight is 520 g/mol. The first-order valence-electron chi connectivity index (χ1n) is 12.1. The minimum Gasteiger partial charge on any atom is -0.486 e. The van der Waals surface area contributed by atoms with E-state index >= 15 is 0 Å². The molecule has 5 rings (SSSR count). The van der Waals surface area contributed by atoms with Crippen molar-refractivity contribution >= 4 is 23.2 Å². The highest BCUT2D eigenvalue weighted by atomic mass is 32.1. The van der Waals surface area contributed by atoms with Crippen LogP contribution in [-0.4, -0.2) is 28.2 Å². The number of nitrogens with zero attached hydrogens (tertiary/aromatic N) is 2. The second-order valence-electron chi connectivity index (χ2n) is 8.69. The maximum absolute atomic E-state index is 14.1. The van der Waals surface area contributed by atoms with Crippen LogP contribution in [0, 0.1) is 5.82 Å². The number of carbonyl (C=O) groups excluding carboxylic acids is 2. The van der Waals surface area contributed by atoms with Gasteiger partial charge in [-0.05, 0) is 59.5 Å². The Balaban J connectivity index is 1.31.